The molecule has 1 N–H and O–H groups in total. The van der Waals surface area contributed by atoms with Crippen LogP contribution in [0.25, 0.3) is 0 Å². The van der Waals surface area contributed by atoms with Crippen LogP contribution in [-0.2, 0) is 0 Å². The highest BCUT2D eigenvalue weighted by atomic mass is 16.3. The first-order valence-corrected chi connectivity index (χ1v) is 8.56. The van der Waals surface area contributed by atoms with Gasteiger partial charge in [0.05, 0.1) is 12.0 Å². The second-order valence-electron chi connectivity index (χ2n) is 6.04. The lowest BCUT2D eigenvalue weighted by molar-refractivity contribution is 0.0649. The molecule has 0 aliphatic rings. The van der Waals surface area contributed by atoms with Crippen LogP contribution in [0.15, 0.2) is 60.7 Å². The van der Waals surface area contributed by atoms with Gasteiger partial charge in [-0.05, 0) is 12.0 Å². The van der Waals surface area contributed by atoms with Gasteiger partial charge >= 0.3 is 0 Å². The molecule has 2 nitrogen and oxygen atoms in total. The van der Waals surface area contributed by atoms with Crippen molar-refractivity contribution in [3.8, 4) is 0 Å². The summed E-state index contributed by atoms with van der Waals surface area (Å²) in [6.07, 6.45) is 4.40. The number of aliphatic hydroxyl groups is 1. The van der Waals surface area contributed by atoms with Crippen molar-refractivity contribution in [3.63, 3.8) is 0 Å². The number of Topliss-reactive ketones (excluding diaryl/α,β-unsaturated/α-hetero) is 1. The first-order chi connectivity index (χ1) is 11.2. The van der Waals surface area contributed by atoms with Gasteiger partial charge < -0.3 is 5.11 Å². The molecule has 0 heterocycles. The smallest absolute Gasteiger partial charge is 0.168 e. The monoisotopic (exact) mass is 310 g/mol. The normalized spacial score (nSPS) is 13.5. The minimum Gasteiger partial charge on any atom is -0.388 e. The first kappa shape index (κ1) is 17.4. The van der Waals surface area contributed by atoms with Crippen LogP contribution < -0.4 is 0 Å². The van der Waals surface area contributed by atoms with Gasteiger partial charge in [0.1, 0.15) is 0 Å². The molecule has 0 saturated carbocycles. The minimum absolute atomic E-state index is 0.0402. The van der Waals surface area contributed by atoms with Crippen molar-refractivity contribution in [1.29, 1.82) is 0 Å². The molecule has 2 aromatic carbocycles. The third-order valence-electron chi connectivity index (χ3n) is 4.29. The van der Waals surface area contributed by atoms with Crippen LogP contribution in [0.4, 0.5) is 0 Å². The summed E-state index contributed by atoms with van der Waals surface area (Å²) < 4.78 is 0. The second-order valence-corrected chi connectivity index (χ2v) is 6.04. The van der Waals surface area contributed by atoms with E-state index >= 15 is 0 Å². The van der Waals surface area contributed by atoms with E-state index in [1.54, 1.807) is 0 Å². The van der Waals surface area contributed by atoms with Gasteiger partial charge in [-0.3, -0.25) is 4.79 Å². The van der Waals surface area contributed by atoms with E-state index < -0.39 is 6.10 Å². The molecule has 0 fully saturated rings. The summed E-state index contributed by atoms with van der Waals surface area (Å²) in [7, 11) is 0. The van der Waals surface area contributed by atoms with Crippen LogP contribution in [-0.4, -0.2) is 10.9 Å². The average molecular weight is 310 g/mol. The van der Waals surface area contributed by atoms with Gasteiger partial charge in [0.25, 0.3) is 0 Å². The molecule has 0 spiro atoms. The van der Waals surface area contributed by atoms with Gasteiger partial charge in [-0.1, -0.05) is 93.3 Å². The van der Waals surface area contributed by atoms with E-state index in [1.807, 2.05) is 60.7 Å². The Labute approximate surface area is 139 Å². The third-order valence-corrected chi connectivity index (χ3v) is 4.29. The fourth-order valence-corrected chi connectivity index (χ4v) is 2.92. The second kappa shape index (κ2) is 9.26. The number of rotatable bonds is 9. The van der Waals surface area contributed by atoms with Crippen molar-refractivity contribution in [2.24, 2.45) is 5.92 Å². The molecule has 0 radical (unpaired) electrons. The third kappa shape index (κ3) is 5.04. The molecule has 0 aliphatic carbocycles. The van der Waals surface area contributed by atoms with E-state index in [0.717, 1.165) is 24.8 Å². The van der Waals surface area contributed by atoms with Crippen LogP contribution >= 0.6 is 0 Å². The Morgan fingerprint density at radius 2 is 1.52 bits per heavy atom. The van der Waals surface area contributed by atoms with Gasteiger partial charge in [-0.2, -0.15) is 0 Å². The van der Waals surface area contributed by atoms with Crippen molar-refractivity contribution in [2.75, 3.05) is 0 Å². The van der Waals surface area contributed by atoms with E-state index in [0.29, 0.717) is 5.56 Å². The molecule has 2 heteroatoms. The van der Waals surface area contributed by atoms with Crippen LogP contribution in [0, 0.1) is 5.92 Å². The van der Waals surface area contributed by atoms with Crippen LogP contribution in [0.1, 0.15) is 61.1 Å². The van der Waals surface area contributed by atoms with Gasteiger partial charge in [0.2, 0.25) is 0 Å². The number of hydrogen-bond donors (Lipinski definition) is 1. The predicted octanol–water partition coefficient (Wildman–Crippen LogP) is 5.19. The zero-order valence-electron chi connectivity index (χ0n) is 13.8. The topological polar surface area (TPSA) is 37.3 Å². The van der Waals surface area contributed by atoms with Gasteiger partial charge in [0, 0.05) is 5.56 Å². The number of unbranched alkanes of at least 4 members (excludes halogenated alkanes) is 3. The Hall–Kier alpha value is -1.93. The maximum absolute atomic E-state index is 12.9. The molecule has 2 rings (SSSR count). The van der Waals surface area contributed by atoms with Crippen molar-refractivity contribution in [1.82, 2.24) is 0 Å². The number of ketones is 1. The zero-order valence-corrected chi connectivity index (χ0v) is 13.8. The SMILES string of the molecule is CCCCCC[C@@H](C(=O)c1ccccc1)[C@H](O)c1ccccc1. The first-order valence-electron chi connectivity index (χ1n) is 8.56. The average Bonchev–Trinajstić information content (AvgIpc) is 2.62. The molecule has 0 aromatic heterocycles. The Balaban J connectivity index is 2.15. The summed E-state index contributed by atoms with van der Waals surface area (Å²) in [5.74, 6) is -0.338. The lowest BCUT2D eigenvalue weighted by Gasteiger charge is -2.22. The van der Waals surface area contributed by atoms with Crippen molar-refractivity contribution in [3.05, 3.63) is 71.8 Å². The lowest BCUT2D eigenvalue weighted by Crippen LogP contribution is -2.22. The summed E-state index contributed by atoms with van der Waals surface area (Å²) in [6.45, 7) is 2.17. The zero-order chi connectivity index (χ0) is 16.5. The summed E-state index contributed by atoms with van der Waals surface area (Å²) in [4.78, 5) is 12.9. The van der Waals surface area contributed by atoms with Crippen molar-refractivity contribution >= 4 is 5.78 Å². The molecule has 2 aromatic rings. The van der Waals surface area contributed by atoms with E-state index in [2.05, 4.69) is 6.92 Å². The molecule has 0 saturated heterocycles. The van der Waals surface area contributed by atoms with Gasteiger partial charge in [0.15, 0.2) is 5.78 Å². The Bertz CT molecular complexity index is 577. The molecule has 0 unspecified atom stereocenters. The number of benzene rings is 2. The standard InChI is InChI=1S/C21H26O2/c1-2-3-4-11-16-19(20(22)17-12-7-5-8-13-17)21(23)18-14-9-6-10-15-18/h5-10,12-15,19-20,22H,2-4,11,16H2,1H3/t19-,20-/m1/s1. The number of hydrogen-bond acceptors (Lipinski definition) is 2. The maximum Gasteiger partial charge on any atom is 0.168 e. The predicted molar refractivity (Wildman–Crippen MR) is 94.4 cm³/mol. The molecule has 0 aliphatic heterocycles. The largest absolute Gasteiger partial charge is 0.388 e. The molecular formula is C21H26O2. The molecule has 0 bridgehead atoms. The van der Waals surface area contributed by atoms with E-state index in [1.165, 1.54) is 12.8 Å². The highest BCUT2D eigenvalue weighted by Crippen LogP contribution is 2.29. The molecule has 122 valence electrons. The number of carbonyl (C=O) groups is 1. The fraction of sp³-hybridized carbons (Fsp3) is 0.381. The molecule has 2 atom stereocenters. The number of carbonyl (C=O) groups excluding carboxylic acids is 1. The summed E-state index contributed by atoms with van der Waals surface area (Å²) in [5, 5.41) is 10.7. The number of aliphatic hydroxyl groups excluding tert-OH is 1. The van der Waals surface area contributed by atoms with Crippen LogP contribution in [0.3, 0.4) is 0 Å². The van der Waals surface area contributed by atoms with Gasteiger partial charge in [-0.25, -0.2) is 0 Å². The molecular weight excluding hydrogens is 284 g/mol. The molecule has 0 amide bonds. The highest BCUT2D eigenvalue weighted by molar-refractivity contribution is 5.98. The maximum atomic E-state index is 12.9. The lowest BCUT2D eigenvalue weighted by atomic mass is 9.85. The highest BCUT2D eigenvalue weighted by Gasteiger charge is 2.28. The summed E-state index contributed by atoms with van der Waals surface area (Å²) >= 11 is 0. The van der Waals surface area contributed by atoms with E-state index in [9.17, 15) is 9.90 Å². The summed E-state index contributed by atoms with van der Waals surface area (Å²) in [5.41, 5.74) is 1.50. The summed E-state index contributed by atoms with van der Waals surface area (Å²) in [6, 6.07) is 18.8. The van der Waals surface area contributed by atoms with Crippen LogP contribution in [0.5, 0.6) is 0 Å². The van der Waals surface area contributed by atoms with Crippen molar-refractivity contribution < 1.29 is 9.90 Å². The quantitative estimate of drug-likeness (QED) is 0.511. The minimum atomic E-state index is -0.745. The fourth-order valence-electron chi connectivity index (χ4n) is 2.92. The van der Waals surface area contributed by atoms with Crippen molar-refractivity contribution in [2.45, 2.75) is 45.1 Å². The van der Waals surface area contributed by atoms with Gasteiger partial charge in [-0.15, -0.1) is 0 Å². The van der Waals surface area contributed by atoms with E-state index in [-0.39, 0.29) is 11.7 Å². The Morgan fingerprint density at radius 3 is 2.13 bits per heavy atom. The van der Waals surface area contributed by atoms with E-state index in [4.69, 9.17) is 0 Å². The molecule has 23 heavy (non-hydrogen) atoms. The Kier molecular flexibility index (Phi) is 7.02. The Morgan fingerprint density at radius 1 is 0.913 bits per heavy atom. The van der Waals surface area contributed by atoms with Crippen LogP contribution in [0.2, 0.25) is 0 Å².